The third kappa shape index (κ3) is 4.80. The van der Waals surface area contributed by atoms with Crippen LogP contribution in [0.5, 0.6) is 0 Å². The highest BCUT2D eigenvalue weighted by Crippen LogP contribution is 2.33. The summed E-state index contributed by atoms with van der Waals surface area (Å²) in [5, 5.41) is 13.0. The zero-order valence-corrected chi connectivity index (χ0v) is 16.3. The molecule has 0 aliphatic carbocycles. The topological polar surface area (TPSA) is 90.3 Å². The van der Waals surface area contributed by atoms with Crippen LogP contribution in [0.15, 0.2) is 29.4 Å². The predicted octanol–water partition coefficient (Wildman–Crippen LogP) is 2.53. The molecule has 2 saturated heterocycles. The largest absolute Gasteiger partial charge is 0.416 e. The summed E-state index contributed by atoms with van der Waals surface area (Å²) < 4.78 is 38.1. The van der Waals surface area contributed by atoms with E-state index in [0.717, 1.165) is 30.5 Å². The lowest BCUT2D eigenvalue weighted by atomic mass is 9.88. The lowest BCUT2D eigenvalue weighted by molar-refractivity contribution is -0.147. The van der Waals surface area contributed by atoms with Crippen LogP contribution in [0.1, 0.15) is 42.7 Å². The monoisotopic (exact) mass is 427 g/mol. The van der Waals surface area contributed by atoms with Crippen LogP contribution in [0.2, 0.25) is 0 Å². The maximum atomic E-state index is 12.7. The average Bonchev–Trinajstić information content (AvgIpc) is 3.28. The van der Waals surface area contributed by atoms with Crippen molar-refractivity contribution in [2.45, 2.75) is 49.9 Å². The number of carbonyl (C=O) groups is 2. The Kier molecular flexibility index (Phi) is 6.74. The minimum Gasteiger partial charge on any atom is -0.380 e. The number of aliphatic hydroxyl groups excluding tert-OH is 1. The molecule has 10 heteroatoms. The van der Waals surface area contributed by atoms with E-state index in [1.165, 1.54) is 21.9 Å². The molecule has 1 N–H and O–H groups in total. The summed E-state index contributed by atoms with van der Waals surface area (Å²) in [6.45, 7) is 1.49. The van der Waals surface area contributed by atoms with Crippen molar-refractivity contribution >= 4 is 11.8 Å². The molecule has 0 spiro atoms. The summed E-state index contributed by atoms with van der Waals surface area (Å²) in [5.41, 5.74) is 0.0415. The molecule has 2 heterocycles. The van der Waals surface area contributed by atoms with E-state index in [1.54, 1.807) is 0 Å². The molecule has 3 rings (SSSR count). The van der Waals surface area contributed by atoms with E-state index in [0.29, 0.717) is 25.9 Å². The van der Waals surface area contributed by atoms with Crippen LogP contribution in [-0.2, 0) is 15.8 Å². The van der Waals surface area contributed by atoms with E-state index < -0.39 is 35.7 Å². The number of rotatable bonds is 5. The van der Waals surface area contributed by atoms with Crippen LogP contribution >= 0.6 is 0 Å². The summed E-state index contributed by atoms with van der Waals surface area (Å²) in [5.74, 6) is -1.38. The fourth-order valence-corrected chi connectivity index (χ4v) is 4.06. The fraction of sp³-hybridized carbons (Fsp3) is 0.600. The van der Waals surface area contributed by atoms with Gasteiger partial charge in [0.05, 0.1) is 5.56 Å². The van der Waals surface area contributed by atoms with Crippen LogP contribution in [0.3, 0.4) is 0 Å². The van der Waals surface area contributed by atoms with Gasteiger partial charge in [-0.15, -0.1) is 4.91 Å². The number of hydrogen-bond donors (Lipinski definition) is 1. The maximum absolute atomic E-state index is 12.7. The van der Waals surface area contributed by atoms with Crippen molar-refractivity contribution in [1.82, 2.24) is 9.80 Å². The highest BCUT2D eigenvalue weighted by molar-refractivity contribution is 5.92. The highest BCUT2D eigenvalue weighted by atomic mass is 19.4. The molecule has 7 nitrogen and oxygen atoms in total. The molecule has 1 aromatic carbocycles. The number of amides is 2. The van der Waals surface area contributed by atoms with E-state index in [4.69, 9.17) is 0 Å². The molecular weight excluding hydrogens is 403 g/mol. The Morgan fingerprint density at radius 3 is 2.00 bits per heavy atom. The summed E-state index contributed by atoms with van der Waals surface area (Å²) in [6.07, 6.45) is -3.58. The first-order chi connectivity index (χ1) is 14.2. The summed E-state index contributed by atoms with van der Waals surface area (Å²) in [7, 11) is 0. The lowest BCUT2D eigenvalue weighted by Crippen LogP contribution is -2.51. The van der Waals surface area contributed by atoms with Gasteiger partial charge < -0.3 is 14.9 Å². The Morgan fingerprint density at radius 2 is 1.50 bits per heavy atom. The zero-order valence-electron chi connectivity index (χ0n) is 16.3. The number of aliphatic hydroxyl groups is 1. The van der Waals surface area contributed by atoms with Crippen LogP contribution in [0.4, 0.5) is 13.2 Å². The Balaban J connectivity index is 1.58. The molecule has 1 aromatic rings. The van der Waals surface area contributed by atoms with E-state index in [9.17, 15) is 32.8 Å². The third-order valence-corrected chi connectivity index (χ3v) is 5.85. The number of halogens is 3. The SMILES string of the molecule is O=NC(C(=O)N1CCC(c2ccc(C(F)(F)F)cc2)CC1)C(O)C(=O)N1CCCC1. The second-order valence-corrected chi connectivity index (χ2v) is 7.75. The van der Waals surface area contributed by atoms with E-state index in [2.05, 4.69) is 5.18 Å². The number of nitroso groups, excluding NO2 is 1. The molecule has 2 unspecified atom stereocenters. The molecule has 2 aliphatic heterocycles. The number of piperidine rings is 1. The van der Waals surface area contributed by atoms with Crippen LogP contribution in [-0.4, -0.2) is 65.0 Å². The highest BCUT2D eigenvalue weighted by Gasteiger charge is 2.40. The van der Waals surface area contributed by atoms with Gasteiger partial charge in [-0.05, 0) is 49.3 Å². The number of carbonyl (C=O) groups excluding carboxylic acids is 2. The van der Waals surface area contributed by atoms with Crippen molar-refractivity contribution in [1.29, 1.82) is 0 Å². The molecule has 0 bridgehead atoms. The Morgan fingerprint density at radius 1 is 0.967 bits per heavy atom. The molecule has 0 aromatic heterocycles. The molecule has 30 heavy (non-hydrogen) atoms. The number of likely N-dealkylation sites (tertiary alicyclic amines) is 2. The molecule has 2 aliphatic rings. The van der Waals surface area contributed by atoms with Gasteiger partial charge in [-0.25, -0.2) is 0 Å². The van der Waals surface area contributed by atoms with Gasteiger partial charge in [0.2, 0.25) is 6.04 Å². The van der Waals surface area contributed by atoms with Gasteiger partial charge in [0, 0.05) is 26.2 Å². The quantitative estimate of drug-likeness (QED) is 0.732. The smallest absolute Gasteiger partial charge is 0.380 e. The number of alkyl halides is 3. The standard InChI is InChI=1S/C20H24F3N3O4/c21-20(22,23)15-5-3-13(4-6-15)14-7-11-26(12-8-14)18(28)16(24-30)17(27)19(29)25-9-1-2-10-25/h3-6,14,16-17,27H,1-2,7-12H2. The second kappa shape index (κ2) is 9.11. The average molecular weight is 427 g/mol. The van der Waals surface area contributed by atoms with Crippen LogP contribution in [0.25, 0.3) is 0 Å². The van der Waals surface area contributed by atoms with Gasteiger partial charge in [0.15, 0.2) is 6.10 Å². The minimum atomic E-state index is -4.39. The first kappa shape index (κ1) is 22.2. The third-order valence-electron chi connectivity index (χ3n) is 5.85. The van der Waals surface area contributed by atoms with Crippen molar-refractivity contribution in [3.8, 4) is 0 Å². The predicted molar refractivity (Wildman–Crippen MR) is 101 cm³/mol. The normalized spacial score (nSPS) is 20.1. The van der Waals surface area contributed by atoms with Gasteiger partial charge >= 0.3 is 6.18 Å². The summed E-state index contributed by atoms with van der Waals surface area (Å²) in [6, 6.07) is 3.28. The fourth-order valence-electron chi connectivity index (χ4n) is 4.06. The van der Waals surface area contributed by atoms with Crippen molar-refractivity contribution in [2.24, 2.45) is 5.18 Å². The molecule has 0 saturated carbocycles. The van der Waals surface area contributed by atoms with Gasteiger partial charge in [0.1, 0.15) is 0 Å². The van der Waals surface area contributed by atoms with Gasteiger partial charge in [-0.1, -0.05) is 17.3 Å². The number of benzene rings is 1. The first-order valence-electron chi connectivity index (χ1n) is 9.97. The lowest BCUT2D eigenvalue weighted by Gasteiger charge is -2.34. The Bertz CT molecular complexity index is 770. The van der Waals surface area contributed by atoms with Gasteiger partial charge in [0.25, 0.3) is 11.8 Å². The van der Waals surface area contributed by atoms with E-state index in [-0.39, 0.29) is 19.0 Å². The Hall–Kier alpha value is -2.49. The summed E-state index contributed by atoms with van der Waals surface area (Å²) in [4.78, 5) is 39.0. The van der Waals surface area contributed by atoms with Crippen LogP contribution in [0, 0.1) is 4.91 Å². The zero-order chi connectivity index (χ0) is 21.9. The molecule has 0 radical (unpaired) electrons. The molecule has 164 valence electrons. The number of hydrogen-bond acceptors (Lipinski definition) is 5. The molecular formula is C20H24F3N3O4. The molecule has 2 atom stereocenters. The van der Waals surface area contributed by atoms with E-state index >= 15 is 0 Å². The minimum absolute atomic E-state index is 0.0184. The van der Waals surface area contributed by atoms with Crippen molar-refractivity contribution in [2.75, 3.05) is 26.2 Å². The Labute approximate surface area is 171 Å². The maximum Gasteiger partial charge on any atom is 0.416 e. The van der Waals surface area contributed by atoms with E-state index in [1.807, 2.05) is 0 Å². The van der Waals surface area contributed by atoms with Crippen molar-refractivity contribution in [3.63, 3.8) is 0 Å². The van der Waals surface area contributed by atoms with Crippen molar-refractivity contribution < 1.29 is 27.9 Å². The first-order valence-corrected chi connectivity index (χ1v) is 9.97. The van der Waals surface area contributed by atoms with Crippen molar-refractivity contribution in [3.05, 3.63) is 40.3 Å². The summed E-state index contributed by atoms with van der Waals surface area (Å²) >= 11 is 0. The second-order valence-electron chi connectivity index (χ2n) is 7.75. The number of nitrogens with zero attached hydrogens (tertiary/aromatic N) is 3. The van der Waals surface area contributed by atoms with Gasteiger partial charge in [-0.2, -0.15) is 13.2 Å². The van der Waals surface area contributed by atoms with Crippen LogP contribution < -0.4 is 0 Å². The van der Waals surface area contributed by atoms with Gasteiger partial charge in [-0.3, -0.25) is 9.59 Å². The molecule has 2 fully saturated rings. The molecule has 2 amide bonds.